The summed E-state index contributed by atoms with van der Waals surface area (Å²) in [7, 11) is 1.64. The van der Waals surface area contributed by atoms with Gasteiger partial charge in [0, 0.05) is 37.8 Å². The molecule has 2 amide bonds. The molecule has 0 bridgehead atoms. The number of hydrogen-bond acceptors (Lipinski definition) is 5. The van der Waals surface area contributed by atoms with Gasteiger partial charge in [-0.15, -0.1) is 0 Å². The molecule has 0 N–H and O–H groups in total. The lowest BCUT2D eigenvalue weighted by Crippen LogP contribution is -2.39. The zero-order valence-corrected chi connectivity index (χ0v) is 18.8. The molecule has 1 saturated heterocycles. The van der Waals surface area contributed by atoms with Crippen molar-refractivity contribution in [3.63, 3.8) is 0 Å². The molecule has 2 heterocycles. The van der Waals surface area contributed by atoms with E-state index in [9.17, 15) is 9.59 Å². The summed E-state index contributed by atoms with van der Waals surface area (Å²) < 4.78 is 16.4. The molecule has 168 valence electrons. The van der Waals surface area contributed by atoms with Crippen LogP contribution in [0.4, 0.5) is 4.79 Å². The molecule has 0 radical (unpaired) electrons. The van der Waals surface area contributed by atoms with E-state index in [0.717, 1.165) is 28.9 Å². The molecular formula is C24H32N2O5. The van der Waals surface area contributed by atoms with E-state index < -0.39 is 5.60 Å². The van der Waals surface area contributed by atoms with E-state index in [1.165, 1.54) is 0 Å². The molecule has 1 fully saturated rings. The molecule has 1 aromatic carbocycles. The van der Waals surface area contributed by atoms with E-state index in [4.69, 9.17) is 14.2 Å². The number of ether oxygens (including phenoxy) is 3. The van der Waals surface area contributed by atoms with E-state index in [-0.39, 0.29) is 12.0 Å². The molecule has 0 aromatic heterocycles. The van der Waals surface area contributed by atoms with Gasteiger partial charge in [-0.2, -0.15) is 0 Å². The Bertz CT molecular complexity index is 863. The lowest BCUT2D eigenvalue weighted by Gasteiger charge is -2.30. The molecule has 1 aromatic rings. The average Bonchev–Trinajstić information content (AvgIpc) is 2.76. The van der Waals surface area contributed by atoms with Gasteiger partial charge in [-0.25, -0.2) is 4.79 Å². The van der Waals surface area contributed by atoms with Gasteiger partial charge in [0.1, 0.15) is 11.4 Å². The predicted octanol–water partition coefficient (Wildman–Crippen LogP) is 3.59. The summed E-state index contributed by atoms with van der Waals surface area (Å²) in [6.07, 6.45) is 5.88. The molecule has 2 aliphatic heterocycles. The minimum absolute atomic E-state index is 0.0106. The van der Waals surface area contributed by atoms with Crippen LogP contribution in [0.3, 0.4) is 0 Å². The van der Waals surface area contributed by atoms with Crippen LogP contribution < -0.4 is 4.74 Å². The summed E-state index contributed by atoms with van der Waals surface area (Å²) >= 11 is 0. The number of rotatable bonds is 4. The second-order valence-electron chi connectivity index (χ2n) is 8.64. The van der Waals surface area contributed by atoms with Gasteiger partial charge in [0.25, 0.3) is 0 Å². The molecule has 7 heteroatoms. The van der Waals surface area contributed by atoms with Crippen molar-refractivity contribution in [1.29, 1.82) is 0 Å². The van der Waals surface area contributed by atoms with E-state index in [2.05, 4.69) is 0 Å². The second kappa shape index (κ2) is 10.0. The van der Waals surface area contributed by atoms with E-state index in [1.807, 2.05) is 51.1 Å². The minimum atomic E-state index is -0.503. The Labute approximate surface area is 184 Å². The molecule has 0 aliphatic carbocycles. The van der Waals surface area contributed by atoms with Crippen LogP contribution in [0.1, 0.15) is 38.3 Å². The van der Waals surface area contributed by atoms with E-state index in [1.54, 1.807) is 23.0 Å². The Balaban J connectivity index is 1.67. The molecule has 7 nitrogen and oxygen atoms in total. The van der Waals surface area contributed by atoms with Crippen LogP contribution in [0.25, 0.3) is 11.6 Å². The van der Waals surface area contributed by atoms with Crippen molar-refractivity contribution >= 4 is 23.6 Å². The predicted molar refractivity (Wildman–Crippen MR) is 120 cm³/mol. The van der Waals surface area contributed by atoms with Crippen LogP contribution in [0, 0.1) is 0 Å². The first-order valence-corrected chi connectivity index (χ1v) is 10.7. The maximum absolute atomic E-state index is 12.3. The minimum Gasteiger partial charge on any atom is -0.496 e. The fraction of sp³-hybridized carbons (Fsp3) is 0.500. The van der Waals surface area contributed by atoms with Crippen LogP contribution in [0.15, 0.2) is 30.4 Å². The number of carbonyl (C=O) groups excluding carboxylic acids is 2. The third-order valence-corrected chi connectivity index (χ3v) is 5.17. The number of carbonyl (C=O) groups is 2. The van der Waals surface area contributed by atoms with Gasteiger partial charge in [0.05, 0.1) is 20.3 Å². The fourth-order valence-corrected chi connectivity index (χ4v) is 3.54. The van der Waals surface area contributed by atoms with Crippen LogP contribution in [-0.4, -0.2) is 73.9 Å². The maximum Gasteiger partial charge on any atom is 0.410 e. The van der Waals surface area contributed by atoms with Crippen molar-refractivity contribution < 1.29 is 23.8 Å². The monoisotopic (exact) mass is 428 g/mol. The average molecular weight is 429 g/mol. The number of amides is 2. The number of methoxy groups -OCH3 is 1. The Morgan fingerprint density at radius 1 is 1.10 bits per heavy atom. The van der Waals surface area contributed by atoms with Crippen LogP contribution in [-0.2, 0) is 14.3 Å². The first-order chi connectivity index (χ1) is 14.8. The molecule has 0 saturated carbocycles. The quantitative estimate of drug-likeness (QED) is 0.686. The summed E-state index contributed by atoms with van der Waals surface area (Å²) in [6, 6.07) is 5.91. The zero-order chi connectivity index (χ0) is 22.4. The van der Waals surface area contributed by atoms with E-state index in [0.29, 0.717) is 39.4 Å². The normalized spacial score (nSPS) is 17.5. The summed E-state index contributed by atoms with van der Waals surface area (Å²) in [5.41, 5.74) is 2.53. The standard InChI is InChI=1S/C24H32N2O5/c1-24(2,3)31-23(28)26-11-9-19(10-12-26)20-7-5-18(17-21(20)29-4)6-8-22(27)25-13-15-30-16-14-25/h5-9,17H,10-16H2,1-4H3. The molecule has 0 spiro atoms. The first kappa shape index (κ1) is 22.9. The highest BCUT2D eigenvalue weighted by Gasteiger charge is 2.24. The first-order valence-electron chi connectivity index (χ1n) is 10.7. The van der Waals surface area contributed by atoms with Crippen molar-refractivity contribution in [2.75, 3.05) is 46.5 Å². The summed E-state index contributed by atoms with van der Waals surface area (Å²) in [4.78, 5) is 28.1. The largest absolute Gasteiger partial charge is 0.496 e. The lowest BCUT2D eigenvalue weighted by atomic mass is 9.97. The Morgan fingerprint density at radius 3 is 2.45 bits per heavy atom. The third-order valence-electron chi connectivity index (χ3n) is 5.17. The molecule has 3 rings (SSSR count). The van der Waals surface area contributed by atoms with Crippen molar-refractivity contribution in [3.8, 4) is 5.75 Å². The molecule has 0 atom stereocenters. The molecule has 31 heavy (non-hydrogen) atoms. The van der Waals surface area contributed by atoms with Gasteiger partial charge in [0.15, 0.2) is 0 Å². The number of nitrogens with zero attached hydrogens (tertiary/aromatic N) is 2. The van der Waals surface area contributed by atoms with Crippen molar-refractivity contribution in [1.82, 2.24) is 9.80 Å². The molecular weight excluding hydrogens is 396 g/mol. The van der Waals surface area contributed by atoms with Gasteiger partial charge >= 0.3 is 6.09 Å². The van der Waals surface area contributed by atoms with Gasteiger partial charge in [-0.05, 0) is 50.5 Å². The SMILES string of the molecule is COc1cc(C=CC(=O)N2CCOCC2)ccc1C1=CCN(C(=O)OC(C)(C)C)CC1. The van der Waals surface area contributed by atoms with Gasteiger partial charge in [-0.1, -0.05) is 18.2 Å². The fourth-order valence-electron chi connectivity index (χ4n) is 3.54. The van der Waals surface area contributed by atoms with E-state index >= 15 is 0 Å². The van der Waals surface area contributed by atoms with Crippen LogP contribution in [0.5, 0.6) is 5.75 Å². The van der Waals surface area contributed by atoms with Gasteiger partial charge in [0.2, 0.25) is 5.91 Å². The Hall–Kier alpha value is -2.80. The third kappa shape index (κ3) is 6.34. The van der Waals surface area contributed by atoms with Gasteiger partial charge in [-0.3, -0.25) is 4.79 Å². The summed E-state index contributed by atoms with van der Waals surface area (Å²) in [5.74, 6) is 0.738. The lowest BCUT2D eigenvalue weighted by molar-refractivity contribution is -0.129. The van der Waals surface area contributed by atoms with Crippen molar-refractivity contribution in [3.05, 3.63) is 41.5 Å². The molecule has 2 aliphatic rings. The highest BCUT2D eigenvalue weighted by Crippen LogP contribution is 2.32. The number of morpholine rings is 1. The number of hydrogen-bond donors (Lipinski definition) is 0. The topological polar surface area (TPSA) is 68.3 Å². The zero-order valence-electron chi connectivity index (χ0n) is 18.8. The second-order valence-corrected chi connectivity index (χ2v) is 8.64. The smallest absolute Gasteiger partial charge is 0.410 e. The van der Waals surface area contributed by atoms with Gasteiger partial charge < -0.3 is 24.0 Å². The van der Waals surface area contributed by atoms with Crippen LogP contribution in [0.2, 0.25) is 0 Å². The summed E-state index contributed by atoms with van der Waals surface area (Å²) in [5, 5.41) is 0. The summed E-state index contributed by atoms with van der Waals surface area (Å²) in [6.45, 7) is 9.12. The highest BCUT2D eigenvalue weighted by atomic mass is 16.6. The molecule has 0 unspecified atom stereocenters. The Kier molecular flexibility index (Phi) is 7.38. The highest BCUT2D eigenvalue weighted by molar-refractivity contribution is 5.92. The number of benzene rings is 1. The van der Waals surface area contributed by atoms with Crippen molar-refractivity contribution in [2.45, 2.75) is 32.8 Å². The van der Waals surface area contributed by atoms with Crippen molar-refractivity contribution in [2.24, 2.45) is 0 Å². The van der Waals surface area contributed by atoms with Crippen LogP contribution >= 0.6 is 0 Å². The Morgan fingerprint density at radius 2 is 1.84 bits per heavy atom. The maximum atomic E-state index is 12.3.